The van der Waals surface area contributed by atoms with Crippen LogP contribution in [0.25, 0.3) is 0 Å². The predicted molar refractivity (Wildman–Crippen MR) is 76.9 cm³/mol. The summed E-state index contributed by atoms with van der Waals surface area (Å²) < 4.78 is 28.4. The Morgan fingerprint density at radius 1 is 1.26 bits per heavy atom. The maximum Gasteiger partial charge on any atom is 0.279 e. The Morgan fingerprint density at radius 3 is 2.26 bits per heavy atom. The Kier molecular flexibility index (Phi) is 6.23. The molecule has 3 atom stereocenters. The molecular formula is C13H28N2O3S. The second-order valence-electron chi connectivity index (χ2n) is 6.40. The van der Waals surface area contributed by atoms with Crippen LogP contribution in [0.4, 0.5) is 0 Å². The number of nitrogens with one attached hydrogen (secondary N) is 1. The molecule has 0 radical (unpaired) electrons. The third-order valence-corrected chi connectivity index (χ3v) is 4.93. The summed E-state index contributed by atoms with van der Waals surface area (Å²) in [5.41, 5.74) is 0. The summed E-state index contributed by atoms with van der Waals surface area (Å²) in [5.74, 6) is 1.14. The van der Waals surface area contributed by atoms with Crippen LogP contribution in [0.2, 0.25) is 0 Å². The van der Waals surface area contributed by atoms with Gasteiger partial charge in [0.25, 0.3) is 10.2 Å². The molecule has 0 aliphatic carbocycles. The lowest BCUT2D eigenvalue weighted by Gasteiger charge is -2.34. The van der Waals surface area contributed by atoms with Crippen LogP contribution in [0.3, 0.4) is 0 Å². The van der Waals surface area contributed by atoms with E-state index in [4.69, 9.17) is 0 Å². The zero-order chi connectivity index (χ0) is 14.6. The molecule has 0 amide bonds. The van der Waals surface area contributed by atoms with Crippen LogP contribution < -0.4 is 4.72 Å². The molecule has 1 aliphatic heterocycles. The first-order valence-corrected chi connectivity index (χ1v) is 8.57. The van der Waals surface area contributed by atoms with Gasteiger partial charge in [-0.25, -0.2) is 0 Å². The quantitative estimate of drug-likeness (QED) is 0.773. The van der Waals surface area contributed by atoms with E-state index < -0.39 is 16.3 Å². The van der Waals surface area contributed by atoms with Crippen LogP contribution in [0.15, 0.2) is 0 Å². The van der Waals surface area contributed by atoms with Gasteiger partial charge < -0.3 is 5.11 Å². The molecule has 2 N–H and O–H groups in total. The van der Waals surface area contributed by atoms with E-state index in [1.54, 1.807) is 0 Å². The number of aliphatic hydroxyl groups excluding tert-OH is 1. The summed E-state index contributed by atoms with van der Waals surface area (Å²) in [4.78, 5) is 0. The highest BCUT2D eigenvalue weighted by molar-refractivity contribution is 7.87. The van der Waals surface area contributed by atoms with E-state index in [0.29, 0.717) is 37.3 Å². The lowest BCUT2D eigenvalue weighted by atomic mass is 9.94. The summed E-state index contributed by atoms with van der Waals surface area (Å²) >= 11 is 0. The minimum atomic E-state index is -3.46. The van der Waals surface area contributed by atoms with Crippen LogP contribution >= 0.6 is 0 Å². The van der Waals surface area contributed by atoms with E-state index >= 15 is 0 Å². The molecule has 114 valence electrons. The molecule has 19 heavy (non-hydrogen) atoms. The van der Waals surface area contributed by atoms with E-state index in [1.807, 2.05) is 13.8 Å². The summed E-state index contributed by atoms with van der Waals surface area (Å²) in [6.07, 6.45) is 1.06. The Labute approximate surface area is 117 Å². The predicted octanol–water partition coefficient (Wildman–Crippen LogP) is 1.21. The fraction of sp³-hybridized carbons (Fsp3) is 1.00. The fourth-order valence-electron chi connectivity index (χ4n) is 2.72. The lowest BCUT2D eigenvalue weighted by molar-refractivity contribution is 0.151. The molecule has 5 nitrogen and oxygen atoms in total. The number of hydrogen-bond acceptors (Lipinski definition) is 3. The maximum absolute atomic E-state index is 12.2. The van der Waals surface area contributed by atoms with E-state index in [2.05, 4.69) is 18.6 Å². The van der Waals surface area contributed by atoms with Crippen molar-refractivity contribution in [2.24, 2.45) is 17.8 Å². The minimum absolute atomic E-state index is 0.0970. The minimum Gasteiger partial charge on any atom is -0.392 e. The molecule has 1 fully saturated rings. The molecule has 0 bridgehead atoms. The van der Waals surface area contributed by atoms with Gasteiger partial charge in [-0.05, 0) is 30.6 Å². The second kappa shape index (κ2) is 7.02. The molecule has 1 heterocycles. The van der Waals surface area contributed by atoms with Gasteiger partial charge in [-0.1, -0.05) is 27.7 Å². The average molecular weight is 292 g/mol. The van der Waals surface area contributed by atoms with Crippen LogP contribution in [-0.2, 0) is 10.2 Å². The zero-order valence-electron chi connectivity index (χ0n) is 12.5. The summed E-state index contributed by atoms with van der Waals surface area (Å²) in [6.45, 7) is 9.40. The largest absolute Gasteiger partial charge is 0.392 e. The van der Waals surface area contributed by atoms with Crippen molar-refractivity contribution in [3.8, 4) is 0 Å². The van der Waals surface area contributed by atoms with Gasteiger partial charge in [-0.3, -0.25) is 0 Å². The summed E-state index contributed by atoms with van der Waals surface area (Å²) in [5, 5.41) is 9.74. The third kappa shape index (κ3) is 5.77. The van der Waals surface area contributed by atoms with E-state index in [9.17, 15) is 13.5 Å². The van der Waals surface area contributed by atoms with Crippen molar-refractivity contribution in [1.82, 2.24) is 9.03 Å². The first kappa shape index (κ1) is 16.9. The van der Waals surface area contributed by atoms with E-state index in [0.717, 1.165) is 6.42 Å². The molecular weight excluding hydrogens is 264 g/mol. The molecule has 0 saturated carbocycles. The van der Waals surface area contributed by atoms with E-state index in [-0.39, 0.29) is 6.54 Å². The SMILES string of the molecule is CC(C)CC(O)CNS(=O)(=O)N1CC(C)CC(C)C1. The van der Waals surface area contributed by atoms with Crippen molar-refractivity contribution in [3.63, 3.8) is 0 Å². The molecule has 0 aromatic carbocycles. The van der Waals surface area contributed by atoms with Gasteiger partial charge in [-0.2, -0.15) is 17.4 Å². The molecule has 6 heteroatoms. The number of aliphatic hydroxyl groups is 1. The van der Waals surface area contributed by atoms with Crippen molar-refractivity contribution in [2.45, 2.75) is 46.6 Å². The van der Waals surface area contributed by atoms with Crippen LogP contribution in [0.5, 0.6) is 0 Å². The smallest absolute Gasteiger partial charge is 0.279 e. The standard InChI is InChI=1S/C13H28N2O3S/c1-10(2)5-13(16)7-14-19(17,18)15-8-11(3)6-12(4)9-15/h10-14,16H,5-9H2,1-4H3. The topological polar surface area (TPSA) is 69.6 Å². The summed E-state index contributed by atoms with van der Waals surface area (Å²) in [7, 11) is -3.46. The molecule has 1 rings (SSSR count). The molecule has 1 aliphatic rings. The Balaban J connectivity index is 2.51. The van der Waals surface area contributed by atoms with Gasteiger partial charge >= 0.3 is 0 Å². The lowest BCUT2D eigenvalue weighted by Crippen LogP contribution is -2.49. The fourth-order valence-corrected chi connectivity index (χ4v) is 4.21. The highest BCUT2D eigenvalue weighted by Gasteiger charge is 2.30. The molecule has 0 spiro atoms. The maximum atomic E-state index is 12.2. The van der Waals surface area contributed by atoms with Gasteiger partial charge in [-0.15, -0.1) is 0 Å². The third-order valence-electron chi connectivity index (χ3n) is 3.42. The highest BCUT2D eigenvalue weighted by atomic mass is 32.2. The number of nitrogens with zero attached hydrogens (tertiary/aromatic N) is 1. The Morgan fingerprint density at radius 2 is 1.79 bits per heavy atom. The van der Waals surface area contributed by atoms with Crippen molar-refractivity contribution >= 4 is 10.2 Å². The molecule has 0 aromatic heterocycles. The van der Waals surface area contributed by atoms with Gasteiger partial charge in [0.2, 0.25) is 0 Å². The molecule has 1 saturated heterocycles. The molecule has 0 aromatic rings. The first-order chi connectivity index (χ1) is 8.70. The van der Waals surface area contributed by atoms with Gasteiger partial charge in [0.1, 0.15) is 0 Å². The normalized spacial score (nSPS) is 27.7. The number of hydrogen-bond donors (Lipinski definition) is 2. The van der Waals surface area contributed by atoms with Crippen molar-refractivity contribution in [1.29, 1.82) is 0 Å². The van der Waals surface area contributed by atoms with Crippen molar-refractivity contribution < 1.29 is 13.5 Å². The van der Waals surface area contributed by atoms with Crippen molar-refractivity contribution in [2.75, 3.05) is 19.6 Å². The van der Waals surface area contributed by atoms with Gasteiger partial charge in [0.15, 0.2) is 0 Å². The second-order valence-corrected chi connectivity index (χ2v) is 8.16. The van der Waals surface area contributed by atoms with Crippen LogP contribution in [0.1, 0.15) is 40.5 Å². The van der Waals surface area contributed by atoms with Gasteiger partial charge in [0, 0.05) is 19.6 Å². The highest BCUT2D eigenvalue weighted by Crippen LogP contribution is 2.22. The van der Waals surface area contributed by atoms with Crippen LogP contribution in [-0.4, -0.2) is 43.6 Å². The summed E-state index contributed by atoms with van der Waals surface area (Å²) in [6, 6.07) is 0. The van der Waals surface area contributed by atoms with Crippen molar-refractivity contribution in [3.05, 3.63) is 0 Å². The number of rotatable bonds is 6. The Hall–Kier alpha value is -0.170. The molecule has 3 unspecified atom stereocenters. The average Bonchev–Trinajstić information content (AvgIpc) is 2.24. The van der Waals surface area contributed by atoms with Crippen LogP contribution in [0, 0.1) is 17.8 Å². The van der Waals surface area contributed by atoms with Gasteiger partial charge in [0.05, 0.1) is 6.10 Å². The number of piperidine rings is 1. The first-order valence-electron chi connectivity index (χ1n) is 7.13. The van der Waals surface area contributed by atoms with E-state index in [1.165, 1.54) is 4.31 Å². The zero-order valence-corrected chi connectivity index (χ0v) is 13.3. The monoisotopic (exact) mass is 292 g/mol. The Bertz CT molecular complexity index is 360.